The molecule has 0 saturated carbocycles. The molecule has 0 amide bonds. The maximum Gasteiger partial charge on any atom is 0.0401 e. The van der Waals surface area contributed by atoms with Gasteiger partial charge in [0.05, 0.1) is 0 Å². The van der Waals surface area contributed by atoms with Crippen molar-refractivity contribution in [2.24, 2.45) is 0 Å². The molecule has 0 radical (unpaired) electrons. The maximum absolute atomic E-state index is 3.58. The molecule has 0 spiro atoms. The van der Waals surface area contributed by atoms with Gasteiger partial charge in [0.1, 0.15) is 0 Å². The van der Waals surface area contributed by atoms with E-state index in [0.717, 1.165) is 6.54 Å². The summed E-state index contributed by atoms with van der Waals surface area (Å²) in [6.45, 7) is 0.832. The van der Waals surface area contributed by atoms with Crippen LogP contribution in [0.15, 0.2) is 84.9 Å². The second-order valence-electron chi connectivity index (χ2n) is 6.34. The third-order valence-electron chi connectivity index (χ3n) is 4.69. The second kappa shape index (κ2) is 5.91. The van der Waals surface area contributed by atoms with Crippen molar-refractivity contribution in [1.29, 1.82) is 0 Å². The van der Waals surface area contributed by atoms with E-state index in [-0.39, 0.29) is 0 Å². The highest BCUT2D eigenvalue weighted by Gasteiger charge is 2.05. The lowest BCUT2D eigenvalue weighted by Gasteiger charge is -2.08. The summed E-state index contributed by atoms with van der Waals surface area (Å²) in [6, 6.07) is 30.5. The quantitative estimate of drug-likeness (QED) is 0.380. The molecule has 1 N–H and O–H groups in total. The molecule has 4 aromatic carbocycles. The Bertz CT molecular complexity index is 1200. The summed E-state index contributed by atoms with van der Waals surface area (Å²) in [4.78, 5) is 0. The lowest BCUT2D eigenvalue weighted by Crippen LogP contribution is -1.98. The van der Waals surface area contributed by atoms with E-state index < -0.39 is 0 Å². The SMILES string of the molecule is c1ccc2cc(CNc3ccc4sc5ccccc5c4c3)ccc2c1. The molecule has 0 aliphatic rings. The van der Waals surface area contributed by atoms with Gasteiger partial charge in [-0.15, -0.1) is 11.3 Å². The molecule has 0 aliphatic heterocycles. The van der Waals surface area contributed by atoms with Gasteiger partial charge in [0, 0.05) is 32.4 Å². The van der Waals surface area contributed by atoms with Gasteiger partial charge in [-0.3, -0.25) is 0 Å². The minimum absolute atomic E-state index is 0.832. The predicted molar refractivity (Wildman–Crippen MR) is 111 cm³/mol. The largest absolute Gasteiger partial charge is 0.381 e. The molecule has 0 bridgehead atoms. The molecular weight excluding hydrogens is 322 g/mol. The zero-order chi connectivity index (χ0) is 16.6. The highest BCUT2D eigenvalue weighted by atomic mass is 32.1. The molecule has 2 heteroatoms. The van der Waals surface area contributed by atoms with Gasteiger partial charge in [0.25, 0.3) is 0 Å². The van der Waals surface area contributed by atoms with Crippen LogP contribution in [0, 0.1) is 0 Å². The molecule has 25 heavy (non-hydrogen) atoms. The van der Waals surface area contributed by atoms with Crippen molar-refractivity contribution < 1.29 is 0 Å². The van der Waals surface area contributed by atoms with Gasteiger partial charge in [-0.2, -0.15) is 0 Å². The fourth-order valence-corrected chi connectivity index (χ4v) is 4.48. The molecule has 0 aliphatic carbocycles. The van der Waals surface area contributed by atoms with E-state index in [2.05, 4.69) is 90.2 Å². The Kier molecular flexibility index (Phi) is 3.43. The number of hydrogen-bond donors (Lipinski definition) is 1. The lowest BCUT2D eigenvalue weighted by atomic mass is 10.1. The summed E-state index contributed by atoms with van der Waals surface area (Å²) in [7, 11) is 0. The van der Waals surface area contributed by atoms with Crippen LogP contribution in [0.2, 0.25) is 0 Å². The van der Waals surface area contributed by atoms with Gasteiger partial charge < -0.3 is 5.32 Å². The number of hydrogen-bond acceptors (Lipinski definition) is 2. The van der Waals surface area contributed by atoms with Crippen LogP contribution in [0.25, 0.3) is 30.9 Å². The summed E-state index contributed by atoms with van der Waals surface area (Å²) in [5, 5.41) is 8.84. The molecule has 5 rings (SSSR count). The van der Waals surface area contributed by atoms with E-state index in [4.69, 9.17) is 0 Å². The van der Waals surface area contributed by atoms with E-state index in [1.165, 1.54) is 42.2 Å². The van der Waals surface area contributed by atoms with Crippen molar-refractivity contribution in [1.82, 2.24) is 0 Å². The minimum atomic E-state index is 0.832. The van der Waals surface area contributed by atoms with Crippen molar-refractivity contribution >= 4 is 48.0 Å². The fourth-order valence-electron chi connectivity index (χ4n) is 3.39. The summed E-state index contributed by atoms with van der Waals surface area (Å²) in [6.07, 6.45) is 0. The summed E-state index contributed by atoms with van der Waals surface area (Å²) < 4.78 is 2.70. The highest BCUT2D eigenvalue weighted by Crippen LogP contribution is 2.35. The van der Waals surface area contributed by atoms with Crippen molar-refractivity contribution in [2.45, 2.75) is 6.54 Å². The average molecular weight is 339 g/mol. The van der Waals surface area contributed by atoms with E-state index in [9.17, 15) is 0 Å². The molecule has 1 nitrogen and oxygen atoms in total. The molecule has 1 aromatic heterocycles. The van der Waals surface area contributed by atoms with Crippen molar-refractivity contribution in [3.05, 3.63) is 90.5 Å². The third kappa shape index (κ3) is 2.65. The monoisotopic (exact) mass is 339 g/mol. The van der Waals surface area contributed by atoms with E-state index in [1.807, 2.05) is 11.3 Å². The van der Waals surface area contributed by atoms with Crippen LogP contribution in [-0.2, 0) is 6.54 Å². The number of nitrogens with one attached hydrogen (secondary N) is 1. The minimum Gasteiger partial charge on any atom is -0.381 e. The van der Waals surface area contributed by atoms with Gasteiger partial charge in [-0.25, -0.2) is 0 Å². The number of fused-ring (bicyclic) bond motifs is 4. The first-order chi connectivity index (χ1) is 12.4. The smallest absolute Gasteiger partial charge is 0.0401 e. The van der Waals surface area contributed by atoms with Crippen LogP contribution in [0.1, 0.15) is 5.56 Å². The zero-order valence-electron chi connectivity index (χ0n) is 13.7. The van der Waals surface area contributed by atoms with Crippen LogP contribution < -0.4 is 5.32 Å². The molecule has 0 saturated heterocycles. The first kappa shape index (κ1) is 14.5. The lowest BCUT2D eigenvalue weighted by molar-refractivity contribution is 1.16. The number of benzene rings is 4. The molecule has 0 unspecified atom stereocenters. The Morgan fingerprint density at radius 1 is 0.640 bits per heavy atom. The van der Waals surface area contributed by atoms with E-state index in [1.54, 1.807) is 0 Å². The molecular formula is C23H17NS. The van der Waals surface area contributed by atoms with E-state index >= 15 is 0 Å². The van der Waals surface area contributed by atoms with Gasteiger partial charge >= 0.3 is 0 Å². The van der Waals surface area contributed by atoms with Crippen LogP contribution in [0.4, 0.5) is 5.69 Å². The Morgan fingerprint density at radius 2 is 1.44 bits per heavy atom. The standard InChI is InChI=1S/C23H17NS/c1-2-6-18-13-16(9-10-17(18)5-1)15-24-19-11-12-23-21(14-19)20-7-3-4-8-22(20)25-23/h1-14,24H,15H2. The molecule has 0 atom stereocenters. The normalized spacial score (nSPS) is 11.4. The fraction of sp³-hybridized carbons (Fsp3) is 0.0435. The third-order valence-corrected chi connectivity index (χ3v) is 5.84. The maximum atomic E-state index is 3.58. The summed E-state index contributed by atoms with van der Waals surface area (Å²) >= 11 is 1.86. The Morgan fingerprint density at radius 3 is 2.40 bits per heavy atom. The van der Waals surface area contributed by atoms with Crippen LogP contribution >= 0.6 is 11.3 Å². The highest BCUT2D eigenvalue weighted by molar-refractivity contribution is 7.25. The Balaban J connectivity index is 1.45. The Labute approximate surface area is 150 Å². The van der Waals surface area contributed by atoms with Crippen molar-refractivity contribution in [3.63, 3.8) is 0 Å². The first-order valence-electron chi connectivity index (χ1n) is 8.50. The molecule has 1 heterocycles. The number of thiophene rings is 1. The number of rotatable bonds is 3. The Hall–Kier alpha value is -2.84. The molecule has 120 valence electrons. The van der Waals surface area contributed by atoms with E-state index in [0.29, 0.717) is 0 Å². The zero-order valence-corrected chi connectivity index (χ0v) is 14.5. The topological polar surface area (TPSA) is 12.0 Å². The predicted octanol–water partition coefficient (Wildman–Crippen LogP) is 6.82. The number of anilines is 1. The van der Waals surface area contributed by atoms with Gasteiger partial charge in [0.2, 0.25) is 0 Å². The van der Waals surface area contributed by atoms with Crippen LogP contribution in [0.5, 0.6) is 0 Å². The van der Waals surface area contributed by atoms with Crippen LogP contribution in [-0.4, -0.2) is 0 Å². The summed E-state index contributed by atoms with van der Waals surface area (Å²) in [5.74, 6) is 0. The molecule has 5 aromatic rings. The van der Waals surface area contributed by atoms with Gasteiger partial charge in [0.15, 0.2) is 0 Å². The van der Waals surface area contributed by atoms with Crippen LogP contribution in [0.3, 0.4) is 0 Å². The average Bonchev–Trinajstić information content (AvgIpc) is 3.04. The van der Waals surface area contributed by atoms with Crippen molar-refractivity contribution in [3.8, 4) is 0 Å². The van der Waals surface area contributed by atoms with Crippen molar-refractivity contribution in [2.75, 3.05) is 5.32 Å². The summed E-state index contributed by atoms with van der Waals surface area (Å²) in [5.41, 5.74) is 2.47. The first-order valence-corrected chi connectivity index (χ1v) is 9.31. The second-order valence-corrected chi connectivity index (χ2v) is 7.43. The molecule has 0 fully saturated rings. The van der Waals surface area contributed by atoms with Gasteiger partial charge in [-0.1, -0.05) is 54.6 Å². The van der Waals surface area contributed by atoms with Gasteiger partial charge in [-0.05, 0) is 46.7 Å².